The Hall–Kier alpha value is -0.500. The lowest BCUT2D eigenvalue weighted by Crippen LogP contribution is -2.36. The summed E-state index contributed by atoms with van der Waals surface area (Å²) in [6.45, 7) is 0. The predicted molar refractivity (Wildman–Crippen MR) is 58.1 cm³/mol. The standard InChI is InChI=1S/C8H10BrFN2O2S/c1-12(2)11-15(13,14)8-4-3-6(9)5-7(8)10/h3-5,11H,1-2H3. The first kappa shape index (κ1) is 12.6. The highest BCUT2D eigenvalue weighted by Crippen LogP contribution is 2.19. The van der Waals surface area contributed by atoms with Crippen LogP contribution in [0.5, 0.6) is 0 Å². The maximum absolute atomic E-state index is 13.3. The third-order valence-corrected chi connectivity index (χ3v) is 3.50. The number of hydrazine groups is 1. The number of hydrogen-bond donors (Lipinski definition) is 1. The molecule has 84 valence electrons. The molecule has 0 bridgehead atoms. The SMILES string of the molecule is CN(C)NS(=O)(=O)c1ccc(Br)cc1F. The molecule has 0 unspecified atom stereocenters. The van der Waals surface area contributed by atoms with Crippen molar-refractivity contribution in [2.45, 2.75) is 4.90 Å². The summed E-state index contributed by atoms with van der Waals surface area (Å²) < 4.78 is 37.0. The first-order valence-corrected chi connectivity index (χ1v) is 6.25. The molecular weight excluding hydrogens is 287 g/mol. The monoisotopic (exact) mass is 296 g/mol. The highest BCUT2D eigenvalue weighted by atomic mass is 79.9. The Morgan fingerprint density at radius 2 is 2.00 bits per heavy atom. The minimum absolute atomic E-state index is 0.376. The lowest BCUT2D eigenvalue weighted by atomic mass is 10.3. The van der Waals surface area contributed by atoms with Crippen molar-refractivity contribution < 1.29 is 12.8 Å². The largest absolute Gasteiger partial charge is 0.256 e. The highest BCUT2D eigenvalue weighted by Gasteiger charge is 2.19. The van der Waals surface area contributed by atoms with Gasteiger partial charge in [0.15, 0.2) is 0 Å². The maximum Gasteiger partial charge on any atom is 0.256 e. The number of nitrogens with zero attached hydrogens (tertiary/aromatic N) is 1. The molecule has 0 spiro atoms. The summed E-state index contributed by atoms with van der Waals surface area (Å²) >= 11 is 3.05. The third kappa shape index (κ3) is 3.23. The van der Waals surface area contributed by atoms with Gasteiger partial charge in [0, 0.05) is 18.6 Å². The third-order valence-electron chi connectivity index (χ3n) is 1.49. The predicted octanol–water partition coefficient (Wildman–Crippen LogP) is 1.34. The second-order valence-electron chi connectivity index (χ2n) is 3.06. The molecule has 0 heterocycles. The van der Waals surface area contributed by atoms with Crippen LogP contribution in [0.3, 0.4) is 0 Å². The van der Waals surface area contributed by atoms with Crippen LogP contribution < -0.4 is 4.83 Å². The molecule has 1 aromatic carbocycles. The average molecular weight is 297 g/mol. The van der Waals surface area contributed by atoms with Crippen LogP contribution in [-0.2, 0) is 10.0 Å². The molecule has 0 aliphatic heterocycles. The Kier molecular flexibility index (Phi) is 3.82. The van der Waals surface area contributed by atoms with E-state index in [-0.39, 0.29) is 4.90 Å². The number of nitrogens with one attached hydrogen (secondary N) is 1. The van der Waals surface area contributed by atoms with Crippen molar-refractivity contribution in [1.82, 2.24) is 9.84 Å². The molecule has 0 aliphatic rings. The van der Waals surface area contributed by atoms with Crippen molar-refractivity contribution in [3.63, 3.8) is 0 Å². The molecule has 0 aromatic heterocycles. The Morgan fingerprint density at radius 1 is 1.40 bits per heavy atom. The molecule has 0 fully saturated rings. The number of rotatable bonds is 3. The summed E-state index contributed by atoms with van der Waals surface area (Å²) in [4.78, 5) is 1.77. The minimum Gasteiger partial charge on any atom is -0.237 e. The van der Waals surface area contributed by atoms with E-state index in [1.54, 1.807) is 0 Å². The van der Waals surface area contributed by atoms with Crippen LogP contribution in [0, 0.1) is 5.82 Å². The van der Waals surface area contributed by atoms with Gasteiger partial charge in [-0.25, -0.2) is 17.8 Å². The van der Waals surface area contributed by atoms with Crippen molar-refractivity contribution >= 4 is 26.0 Å². The van der Waals surface area contributed by atoms with Crippen molar-refractivity contribution in [2.24, 2.45) is 0 Å². The number of benzene rings is 1. The second-order valence-corrected chi connectivity index (χ2v) is 5.61. The lowest BCUT2D eigenvalue weighted by molar-refractivity contribution is 0.363. The highest BCUT2D eigenvalue weighted by molar-refractivity contribution is 9.10. The van der Waals surface area contributed by atoms with E-state index in [2.05, 4.69) is 20.8 Å². The summed E-state index contributed by atoms with van der Waals surface area (Å²) in [6, 6.07) is 3.77. The first-order valence-electron chi connectivity index (χ1n) is 3.98. The van der Waals surface area contributed by atoms with Crippen molar-refractivity contribution in [3.8, 4) is 0 Å². The average Bonchev–Trinajstić information content (AvgIpc) is 1.99. The van der Waals surface area contributed by atoms with Gasteiger partial charge in [-0.3, -0.25) is 0 Å². The Balaban J connectivity index is 3.16. The van der Waals surface area contributed by atoms with Crippen LogP contribution in [-0.4, -0.2) is 27.5 Å². The zero-order valence-corrected chi connectivity index (χ0v) is 10.6. The molecule has 0 aliphatic carbocycles. The fourth-order valence-electron chi connectivity index (χ4n) is 0.983. The summed E-state index contributed by atoms with van der Waals surface area (Å²) in [5.74, 6) is -0.793. The minimum atomic E-state index is -3.83. The molecule has 4 nitrogen and oxygen atoms in total. The maximum atomic E-state index is 13.3. The zero-order chi connectivity index (χ0) is 11.6. The molecule has 1 aromatic rings. The van der Waals surface area contributed by atoms with Gasteiger partial charge < -0.3 is 0 Å². The van der Waals surface area contributed by atoms with Crippen LogP contribution >= 0.6 is 15.9 Å². The molecule has 0 atom stereocenters. The molecule has 15 heavy (non-hydrogen) atoms. The van der Waals surface area contributed by atoms with Crippen LogP contribution in [0.4, 0.5) is 4.39 Å². The lowest BCUT2D eigenvalue weighted by Gasteiger charge is -2.12. The van der Waals surface area contributed by atoms with Gasteiger partial charge in [0.05, 0.1) is 0 Å². The van der Waals surface area contributed by atoms with Gasteiger partial charge in [-0.2, -0.15) is 0 Å². The van der Waals surface area contributed by atoms with E-state index in [4.69, 9.17) is 0 Å². The van der Waals surface area contributed by atoms with Gasteiger partial charge in [-0.15, -0.1) is 4.83 Å². The Bertz CT molecular complexity index is 462. The van der Waals surface area contributed by atoms with E-state index in [1.807, 2.05) is 0 Å². The van der Waals surface area contributed by atoms with Gasteiger partial charge in [0.25, 0.3) is 10.0 Å². The van der Waals surface area contributed by atoms with E-state index < -0.39 is 15.8 Å². The van der Waals surface area contributed by atoms with Crippen LogP contribution in [0.25, 0.3) is 0 Å². The Morgan fingerprint density at radius 3 is 2.47 bits per heavy atom. The normalized spacial score (nSPS) is 12.1. The molecule has 0 radical (unpaired) electrons. The van der Waals surface area contributed by atoms with Crippen molar-refractivity contribution in [3.05, 3.63) is 28.5 Å². The Labute approximate surface area is 96.2 Å². The van der Waals surface area contributed by atoms with Crippen molar-refractivity contribution in [1.29, 1.82) is 0 Å². The molecular formula is C8H10BrFN2O2S. The van der Waals surface area contributed by atoms with Gasteiger partial charge >= 0.3 is 0 Å². The smallest absolute Gasteiger partial charge is 0.237 e. The van der Waals surface area contributed by atoms with Gasteiger partial charge in [0.2, 0.25) is 0 Å². The van der Waals surface area contributed by atoms with E-state index >= 15 is 0 Å². The van der Waals surface area contributed by atoms with Crippen LogP contribution in [0.1, 0.15) is 0 Å². The number of sulfonamides is 1. The molecule has 1 rings (SSSR count). The second kappa shape index (κ2) is 4.56. The van der Waals surface area contributed by atoms with Gasteiger partial charge in [0.1, 0.15) is 10.7 Å². The summed E-state index contributed by atoms with van der Waals surface area (Å²) in [5.41, 5.74) is 0. The van der Waals surface area contributed by atoms with Crippen LogP contribution in [0.2, 0.25) is 0 Å². The quantitative estimate of drug-likeness (QED) is 0.857. The number of hydrogen-bond acceptors (Lipinski definition) is 3. The topological polar surface area (TPSA) is 49.4 Å². The van der Waals surface area contributed by atoms with Gasteiger partial charge in [-0.05, 0) is 18.2 Å². The fraction of sp³-hybridized carbons (Fsp3) is 0.250. The fourth-order valence-corrected chi connectivity index (χ4v) is 2.46. The molecule has 0 amide bonds. The van der Waals surface area contributed by atoms with Crippen molar-refractivity contribution in [2.75, 3.05) is 14.1 Å². The molecule has 1 N–H and O–H groups in total. The zero-order valence-electron chi connectivity index (χ0n) is 8.16. The van der Waals surface area contributed by atoms with Gasteiger partial charge in [-0.1, -0.05) is 15.9 Å². The molecule has 0 saturated carbocycles. The van der Waals surface area contributed by atoms with Crippen LogP contribution in [0.15, 0.2) is 27.6 Å². The first-order chi connectivity index (χ1) is 6.83. The van der Waals surface area contributed by atoms with E-state index in [0.717, 1.165) is 6.07 Å². The summed E-state index contributed by atoms with van der Waals surface area (Å²) in [7, 11) is -0.810. The molecule has 7 heteroatoms. The summed E-state index contributed by atoms with van der Waals surface area (Å²) in [5, 5.41) is 1.23. The summed E-state index contributed by atoms with van der Waals surface area (Å²) in [6.07, 6.45) is 0. The number of halogens is 2. The van der Waals surface area contributed by atoms with E-state index in [0.29, 0.717) is 4.47 Å². The molecule has 0 saturated heterocycles. The van der Waals surface area contributed by atoms with E-state index in [1.165, 1.54) is 31.2 Å². The van der Waals surface area contributed by atoms with E-state index in [9.17, 15) is 12.8 Å².